The SMILES string of the molecule is Cc1nc(NC(=O)/C=C/c2ccc(F)cc2)sc1CC(=O)O. The third-order valence-corrected chi connectivity index (χ3v) is 3.80. The molecule has 0 saturated heterocycles. The van der Waals surface area contributed by atoms with Crippen LogP contribution in [0.1, 0.15) is 16.1 Å². The lowest BCUT2D eigenvalue weighted by atomic mass is 10.2. The Kier molecular flexibility index (Phi) is 5.00. The first-order valence-electron chi connectivity index (χ1n) is 6.37. The van der Waals surface area contributed by atoms with Gasteiger partial charge in [-0.3, -0.25) is 14.9 Å². The predicted molar refractivity (Wildman–Crippen MR) is 82.3 cm³/mol. The second kappa shape index (κ2) is 6.95. The fraction of sp³-hybridized carbons (Fsp3) is 0.133. The van der Waals surface area contributed by atoms with Crippen molar-refractivity contribution in [2.24, 2.45) is 0 Å². The Hall–Kier alpha value is -2.54. The quantitative estimate of drug-likeness (QED) is 0.830. The molecule has 0 aliphatic rings. The summed E-state index contributed by atoms with van der Waals surface area (Å²) in [5.41, 5.74) is 1.28. The highest BCUT2D eigenvalue weighted by Gasteiger charge is 2.11. The molecule has 22 heavy (non-hydrogen) atoms. The molecule has 1 aromatic heterocycles. The number of carboxylic acid groups (broad SMARTS) is 1. The molecule has 114 valence electrons. The highest BCUT2D eigenvalue weighted by atomic mass is 32.1. The average Bonchev–Trinajstić information content (AvgIpc) is 2.77. The maximum absolute atomic E-state index is 12.8. The molecule has 1 aromatic carbocycles. The van der Waals surface area contributed by atoms with Crippen molar-refractivity contribution in [1.82, 2.24) is 4.98 Å². The summed E-state index contributed by atoms with van der Waals surface area (Å²) in [6, 6.07) is 5.72. The van der Waals surface area contributed by atoms with Crippen molar-refractivity contribution in [3.63, 3.8) is 0 Å². The van der Waals surface area contributed by atoms with Gasteiger partial charge in [-0.25, -0.2) is 9.37 Å². The van der Waals surface area contributed by atoms with E-state index in [1.165, 1.54) is 18.2 Å². The van der Waals surface area contributed by atoms with E-state index in [0.29, 0.717) is 21.3 Å². The third kappa shape index (κ3) is 4.49. The monoisotopic (exact) mass is 320 g/mol. The number of hydrogen-bond acceptors (Lipinski definition) is 4. The molecule has 0 atom stereocenters. The maximum atomic E-state index is 12.8. The van der Waals surface area contributed by atoms with Gasteiger partial charge in [-0.2, -0.15) is 0 Å². The number of carbonyl (C=O) groups excluding carboxylic acids is 1. The van der Waals surface area contributed by atoms with Crippen LogP contribution in [-0.2, 0) is 16.0 Å². The molecule has 0 spiro atoms. The number of hydrogen-bond donors (Lipinski definition) is 2. The van der Waals surface area contributed by atoms with Crippen LogP contribution in [0.15, 0.2) is 30.3 Å². The summed E-state index contributed by atoms with van der Waals surface area (Å²) in [5.74, 6) is -1.67. The first-order chi connectivity index (χ1) is 10.4. The van der Waals surface area contributed by atoms with Crippen molar-refractivity contribution in [1.29, 1.82) is 0 Å². The Bertz CT molecular complexity index is 723. The molecule has 0 bridgehead atoms. The molecule has 2 N–H and O–H groups in total. The number of aromatic nitrogens is 1. The Balaban J connectivity index is 2.00. The smallest absolute Gasteiger partial charge is 0.308 e. The largest absolute Gasteiger partial charge is 0.481 e. The number of aryl methyl sites for hydroxylation is 1. The number of anilines is 1. The minimum atomic E-state index is -0.944. The molecule has 0 aliphatic heterocycles. The van der Waals surface area contributed by atoms with Crippen LogP contribution in [0, 0.1) is 12.7 Å². The Morgan fingerprint density at radius 2 is 2.05 bits per heavy atom. The van der Waals surface area contributed by atoms with Crippen molar-refractivity contribution >= 4 is 34.4 Å². The normalized spacial score (nSPS) is 10.8. The van der Waals surface area contributed by atoms with E-state index in [0.717, 1.165) is 11.3 Å². The van der Waals surface area contributed by atoms with Gasteiger partial charge >= 0.3 is 5.97 Å². The zero-order valence-electron chi connectivity index (χ0n) is 11.7. The molecule has 0 fully saturated rings. The van der Waals surface area contributed by atoms with Gasteiger partial charge in [0.05, 0.1) is 12.1 Å². The van der Waals surface area contributed by atoms with E-state index in [2.05, 4.69) is 10.3 Å². The standard InChI is InChI=1S/C15H13FN2O3S/c1-9-12(8-14(20)21)22-15(17-9)18-13(19)7-4-10-2-5-11(16)6-3-10/h2-7H,8H2,1H3,(H,20,21)(H,17,18,19)/b7-4+. The highest BCUT2D eigenvalue weighted by molar-refractivity contribution is 7.16. The van der Waals surface area contributed by atoms with E-state index in [4.69, 9.17) is 5.11 Å². The predicted octanol–water partition coefficient (Wildman–Crippen LogP) is 2.87. The van der Waals surface area contributed by atoms with Crippen LogP contribution in [0.25, 0.3) is 6.08 Å². The van der Waals surface area contributed by atoms with Crippen molar-refractivity contribution < 1.29 is 19.1 Å². The first kappa shape index (κ1) is 15.8. The van der Waals surface area contributed by atoms with E-state index in [1.807, 2.05) is 0 Å². The molecule has 5 nitrogen and oxygen atoms in total. The number of thiazole rings is 1. The van der Waals surface area contributed by atoms with Gasteiger partial charge in [-0.05, 0) is 30.7 Å². The third-order valence-electron chi connectivity index (χ3n) is 2.73. The number of carbonyl (C=O) groups is 2. The second-order valence-corrected chi connectivity index (χ2v) is 5.56. The van der Waals surface area contributed by atoms with Crippen LogP contribution >= 0.6 is 11.3 Å². The molecular formula is C15H13FN2O3S. The van der Waals surface area contributed by atoms with Crippen LogP contribution in [0.5, 0.6) is 0 Å². The molecule has 1 heterocycles. The zero-order chi connectivity index (χ0) is 16.1. The molecule has 0 radical (unpaired) electrons. The molecule has 0 aliphatic carbocycles. The van der Waals surface area contributed by atoms with E-state index >= 15 is 0 Å². The Morgan fingerprint density at radius 1 is 1.36 bits per heavy atom. The van der Waals surface area contributed by atoms with Gasteiger partial charge in [0.1, 0.15) is 5.82 Å². The minimum absolute atomic E-state index is 0.120. The molecule has 7 heteroatoms. The Morgan fingerprint density at radius 3 is 2.68 bits per heavy atom. The lowest BCUT2D eigenvalue weighted by Gasteiger charge is -1.96. The summed E-state index contributed by atoms with van der Waals surface area (Å²) in [4.78, 5) is 27.2. The summed E-state index contributed by atoms with van der Waals surface area (Å²) < 4.78 is 12.8. The second-order valence-electron chi connectivity index (χ2n) is 4.47. The fourth-order valence-electron chi connectivity index (χ4n) is 1.68. The lowest BCUT2D eigenvalue weighted by molar-refractivity contribution is -0.136. The number of halogens is 1. The van der Waals surface area contributed by atoms with Crippen LogP contribution in [-0.4, -0.2) is 22.0 Å². The Labute approximate surface area is 130 Å². The number of aliphatic carboxylic acids is 1. The zero-order valence-corrected chi connectivity index (χ0v) is 12.5. The summed E-state index contributed by atoms with van der Waals surface area (Å²) in [5, 5.41) is 11.7. The van der Waals surface area contributed by atoms with Gasteiger partial charge in [0.2, 0.25) is 5.91 Å². The van der Waals surface area contributed by atoms with Gasteiger partial charge < -0.3 is 5.11 Å². The van der Waals surface area contributed by atoms with Crippen LogP contribution in [0.3, 0.4) is 0 Å². The van der Waals surface area contributed by atoms with Crippen molar-refractivity contribution in [2.75, 3.05) is 5.32 Å². The summed E-state index contributed by atoms with van der Waals surface area (Å²) in [6.45, 7) is 1.69. The molecule has 0 saturated carbocycles. The fourth-order valence-corrected chi connectivity index (χ4v) is 2.63. The molecule has 2 rings (SSSR count). The highest BCUT2D eigenvalue weighted by Crippen LogP contribution is 2.23. The number of benzene rings is 1. The number of rotatable bonds is 5. The minimum Gasteiger partial charge on any atom is -0.481 e. The van der Waals surface area contributed by atoms with E-state index < -0.39 is 5.97 Å². The van der Waals surface area contributed by atoms with Crippen molar-refractivity contribution in [3.8, 4) is 0 Å². The topological polar surface area (TPSA) is 79.3 Å². The molecule has 0 unspecified atom stereocenters. The van der Waals surface area contributed by atoms with Crippen LogP contribution in [0.2, 0.25) is 0 Å². The first-order valence-corrected chi connectivity index (χ1v) is 7.18. The van der Waals surface area contributed by atoms with Gasteiger partial charge in [-0.1, -0.05) is 12.1 Å². The van der Waals surface area contributed by atoms with Crippen LogP contribution in [0.4, 0.5) is 9.52 Å². The number of carboxylic acids is 1. The summed E-state index contributed by atoms with van der Waals surface area (Å²) in [6.07, 6.45) is 2.74. The summed E-state index contributed by atoms with van der Waals surface area (Å²) in [7, 11) is 0. The maximum Gasteiger partial charge on any atom is 0.308 e. The van der Waals surface area contributed by atoms with Crippen molar-refractivity contribution in [3.05, 3.63) is 52.3 Å². The number of nitrogens with zero attached hydrogens (tertiary/aromatic N) is 1. The van der Waals surface area contributed by atoms with Gasteiger partial charge in [0.15, 0.2) is 5.13 Å². The molecular weight excluding hydrogens is 307 g/mol. The van der Waals surface area contributed by atoms with Gasteiger partial charge in [-0.15, -0.1) is 11.3 Å². The van der Waals surface area contributed by atoms with Crippen LogP contribution < -0.4 is 5.32 Å². The number of nitrogens with one attached hydrogen (secondary N) is 1. The lowest BCUT2D eigenvalue weighted by Crippen LogP contribution is -2.07. The van der Waals surface area contributed by atoms with E-state index in [9.17, 15) is 14.0 Å². The van der Waals surface area contributed by atoms with Gasteiger partial charge in [0, 0.05) is 11.0 Å². The molecule has 2 aromatic rings. The summed E-state index contributed by atoms with van der Waals surface area (Å²) >= 11 is 1.13. The van der Waals surface area contributed by atoms with E-state index in [1.54, 1.807) is 25.1 Å². The van der Waals surface area contributed by atoms with Crippen molar-refractivity contribution in [2.45, 2.75) is 13.3 Å². The number of amides is 1. The van der Waals surface area contributed by atoms with Gasteiger partial charge in [0.25, 0.3) is 0 Å². The average molecular weight is 320 g/mol. The molecule has 1 amide bonds. The van der Waals surface area contributed by atoms with E-state index in [-0.39, 0.29) is 18.1 Å².